The topological polar surface area (TPSA) is 95.0 Å². The lowest BCUT2D eigenvalue weighted by Gasteiger charge is -2.07. The number of thioether (sulfide) groups is 1. The van der Waals surface area contributed by atoms with Crippen LogP contribution in [0.4, 0.5) is 4.39 Å². The van der Waals surface area contributed by atoms with Gasteiger partial charge in [0.15, 0.2) is 10.9 Å². The van der Waals surface area contributed by atoms with Gasteiger partial charge in [-0.1, -0.05) is 18.7 Å². The van der Waals surface area contributed by atoms with E-state index in [9.17, 15) is 17.6 Å². The summed E-state index contributed by atoms with van der Waals surface area (Å²) in [5.41, 5.74) is 1.93. The molecule has 0 aliphatic rings. The Balaban J connectivity index is 1.69. The van der Waals surface area contributed by atoms with Crippen LogP contribution in [0, 0.1) is 5.82 Å². The molecule has 3 rings (SSSR count). The molecule has 0 saturated heterocycles. The number of aromatic nitrogens is 2. The van der Waals surface area contributed by atoms with E-state index in [2.05, 4.69) is 16.5 Å². The molecule has 29 heavy (non-hydrogen) atoms. The number of Topliss-reactive ketones (excluding diaryl/α,β-unsaturated/α-hetero) is 1. The van der Waals surface area contributed by atoms with Crippen LogP contribution in [0.15, 0.2) is 52.5 Å². The molecular formula is C20H22FN3O3S2. The summed E-state index contributed by atoms with van der Waals surface area (Å²) < 4.78 is 38.2. The molecule has 0 spiro atoms. The van der Waals surface area contributed by atoms with E-state index in [0.29, 0.717) is 29.7 Å². The summed E-state index contributed by atoms with van der Waals surface area (Å²) in [6, 6.07) is 10.2. The summed E-state index contributed by atoms with van der Waals surface area (Å²) in [6.45, 7) is 2.81. The minimum Gasteiger partial charge on any atom is -0.319 e. The Morgan fingerprint density at radius 1 is 1.21 bits per heavy atom. The lowest BCUT2D eigenvalue weighted by atomic mass is 10.1. The summed E-state index contributed by atoms with van der Waals surface area (Å²) in [4.78, 5) is 16.8. The number of sulfonamides is 1. The second kappa shape index (κ2) is 9.06. The molecule has 0 fully saturated rings. The molecule has 6 nitrogen and oxygen atoms in total. The van der Waals surface area contributed by atoms with Crippen molar-refractivity contribution in [2.75, 3.05) is 5.75 Å². The maximum Gasteiger partial charge on any atom is 0.238 e. The highest BCUT2D eigenvalue weighted by atomic mass is 32.2. The first-order valence-electron chi connectivity index (χ1n) is 9.24. The second-order valence-corrected chi connectivity index (χ2v) is 9.25. The highest BCUT2D eigenvalue weighted by Crippen LogP contribution is 2.27. The van der Waals surface area contributed by atoms with Crippen molar-refractivity contribution in [2.45, 2.75) is 42.8 Å². The summed E-state index contributed by atoms with van der Waals surface area (Å²) in [6.07, 6.45) is 1.92. The quantitative estimate of drug-likeness (QED) is 0.312. The third kappa shape index (κ3) is 5.23. The lowest BCUT2D eigenvalue weighted by molar-refractivity contribution is 0.0982. The van der Waals surface area contributed by atoms with Crippen LogP contribution in [0.3, 0.4) is 0 Å². The van der Waals surface area contributed by atoms with Gasteiger partial charge in [0, 0.05) is 24.3 Å². The molecule has 154 valence electrons. The van der Waals surface area contributed by atoms with Gasteiger partial charge in [0.2, 0.25) is 10.0 Å². The molecule has 0 saturated carbocycles. The van der Waals surface area contributed by atoms with Crippen LogP contribution in [0.1, 0.15) is 36.5 Å². The molecular weight excluding hydrogens is 413 g/mol. The van der Waals surface area contributed by atoms with Crippen molar-refractivity contribution in [2.24, 2.45) is 5.14 Å². The van der Waals surface area contributed by atoms with Crippen molar-refractivity contribution in [1.82, 2.24) is 9.55 Å². The highest BCUT2D eigenvalue weighted by Gasteiger charge is 2.15. The van der Waals surface area contributed by atoms with Crippen LogP contribution in [-0.4, -0.2) is 29.5 Å². The number of benzene rings is 2. The minimum atomic E-state index is -3.79. The van der Waals surface area contributed by atoms with Gasteiger partial charge < -0.3 is 4.57 Å². The Morgan fingerprint density at radius 2 is 1.93 bits per heavy atom. The van der Waals surface area contributed by atoms with Crippen molar-refractivity contribution in [3.8, 4) is 0 Å². The summed E-state index contributed by atoms with van der Waals surface area (Å²) in [5.74, 6) is 0.296. The molecule has 0 radical (unpaired) electrons. The van der Waals surface area contributed by atoms with E-state index in [0.717, 1.165) is 23.6 Å². The Kier molecular flexibility index (Phi) is 6.71. The van der Waals surface area contributed by atoms with Crippen molar-refractivity contribution >= 4 is 38.6 Å². The first kappa shape index (κ1) is 21.5. The zero-order valence-electron chi connectivity index (χ0n) is 16.0. The number of aryl methyl sites for hydroxylation is 1. The number of rotatable bonds is 9. The normalized spacial score (nSPS) is 11.8. The van der Waals surface area contributed by atoms with Gasteiger partial charge in [-0.25, -0.2) is 22.9 Å². The Morgan fingerprint density at radius 3 is 2.59 bits per heavy atom. The van der Waals surface area contributed by atoms with Crippen molar-refractivity contribution in [3.05, 3.63) is 53.8 Å². The molecule has 1 aromatic heterocycles. The molecule has 0 bridgehead atoms. The predicted molar refractivity (Wildman–Crippen MR) is 112 cm³/mol. The number of carbonyl (C=O) groups is 1. The maximum absolute atomic E-state index is 13.0. The van der Waals surface area contributed by atoms with Gasteiger partial charge >= 0.3 is 0 Å². The van der Waals surface area contributed by atoms with Crippen LogP contribution in [0.2, 0.25) is 0 Å². The van der Waals surface area contributed by atoms with E-state index in [1.165, 1.54) is 48.2 Å². The molecule has 0 unspecified atom stereocenters. The number of nitrogens with two attached hydrogens (primary N) is 1. The average molecular weight is 436 g/mol. The number of fused-ring (bicyclic) bond motifs is 1. The van der Waals surface area contributed by atoms with Gasteiger partial charge in [0.05, 0.1) is 15.9 Å². The fourth-order valence-corrected chi connectivity index (χ4v) is 4.50. The van der Waals surface area contributed by atoms with Crippen LogP contribution in [0.25, 0.3) is 11.0 Å². The molecule has 0 amide bonds. The lowest BCUT2D eigenvalue weighted by Crippen LogP contribution is -2.11. The largest absolute Gasteiger partial charge is 0.319 e. The first-order chi connectivity index (χ1) is 13.8. The molecule has 0 aliphatic carbocycles. The third-order valence-electron chi connectivity index (χ3n) is 4.41. The van der Waals surface area contributed by atoms with Crippen LogP contribution >= 0.6 is 11.8 Å². The Hall–Kier alpha value is -2.23. The molecule has 0 aliphatic heterocycles. The molecule has 2 aromatic carbocycles. The Bertz CT molecular complexity index is 1130. The smallest absolute Gasteiger partial charge is 0.238 e. The van der Waals surface area contributed by atoms with E-state index in [1.807, 2.05) is 0 Å². The van der Waals surface area contributed by atoms with Crippen molar-refractivity contribution in [3.63, 3.8) is 0 Å². The van der Waals surface area contributed by atoms with Gasteiger partial charge in [0.25, 0.3) is 0 Å². The number of carbonyl (C=O) groups excluding carboxylic acids is 1. The molecule has 0 atom stereocenters. The van der Waals surface area contributed by atoms with Gasteiger partial charge in [0.1, 0.15) is 5.82 Å². The van der Waals surface area contributed by atoms with Gasteiger partial charge in [-0.05, 0) is 55.3 Å². The Labute approximate surface area is 173 Å². The molecule has 9 heteroatoms. The number of halogens is 1. The molecule has 1 heterocycles. The van der Waals surface area contributed by atoms with E-state index in [1.54, 1.807) is 6.07 Å². The van der Waals surface area contributed by atoms with E-state index >= 15 is 0 Å². The van der Waals surface area contributed by atoms with Crippen LogP contribution in [-0.2, 0) is 16.6 Å². The van der Waals surface area contributed by atoms with Gasteiger partial charge in [-0.3, -0.25) is 4.79 Å². The second-order valence-electron chi connectivity index (χ2n) is 6.62. The third-order valence-corrected chi connectivity index (χ3v) is 6.38. The fourth-order valence-electron chi connectivity index (χ4n) is 2.99. The standard InChI is InChI=1S/C20H22FN3O3S2/c1-2-11-24-18-10-9-16(29(22,26)27)13-17(18)23-20(24)28-12-3-4-19(25)14-5-7-15(21)8-6-14/h5-10,13H,2-4,11-12H2,1H3,(H2,22,26,27). The average Bonchev–Trinajstić information content (AvgIpc) is 3.02. The number of hydrogen-bond acceptors (Lipinski definition) is 5. The number of primary sulfonamides is 1. The highest BCUT2D eigenvalue weighted by molar-refractivity contribution is 7.99. The van der Waals surface area contributed by atoms with Gasteiger partial charge in [-0.2, -0.15) is 0 Å². The SMILES string of the molecule is CCCn1c(SCCCC(=O)c2ccc(F)cc2)nc2cc(S(N)(=O)=O)ccc21. The van der Waals surface area contributed by atoms with E-state index in [4.69, 9.17) is 5.14 Å². The summed E-state index contributed by atoms with van der Waals surface area (Å²) >= 11 is 1.52. The summed E-state index contributed by atoms with van der Waals surface area (Å²) in [7, 11) is -3.79. The summed E-state index contributed by atoms with van der Waals surface area (Å²) in [5, 5.41) is 5.99. The fraction of sp³-hybridized carbons (Fsp3) is 0.300. The predicted octanol–water partition coefficient (Wildman–Crippen LogP) is 3.99. The first-order valence-corrected chi connectivity index (χ1v) is 11.8. The van der Waals surface area contributed by atoms with E-state index < -0.39 is 10.0 Å². The van der Waals surface area contributed by atoms with Crippen LogP contribution in [0.5, 0.6) is 0 Å². The van der Waals surface area contributed by atoms with E-state index in [-0.39, 0.29) is 16.5 Å². The monoisotopic (exact) mass is 435 g/mol. The van der Waals surface area contributed by atoms with Crippen molar-refractivity contribution < 1.29 is 17.6 Å². The van der Waals surface area contributed by atoms with Crippen LogP contribution < -0.4 is 5.14 Å². The number of hydrogen-bond donors (Lipinski definition) is 1. The molecule has 3 aromatic rings. The zero-order chi connectivity index (χ0) is 21.0. The zero-order valence-corrected chi connectivity index (χ0v) is 17.6. The maximum atomic E-state index is 13.0. The number of ketones is 1. The number of nitrogens with zero attached hydrogens (tertiary/aromatic N) is 2. The van der Waals surface area contributed by atoms with Gasteiger partial charge in [-0.15, -0.1) is 0 Å². The van der Waals surface area contributed by atoms with Crippen molar-refractivity contribution in [1.29, 1.82) is 0 Å². The number of imidazole rings is 1. The minimum absolute atomic E-state index is 0.0227. The molecule has 2 N–H and O–H groups in total.